The van der Waals surface area contributed by atoms with Crippen molar-refractivity contribution in [1.82, 2.24) is 10.3 Å². The highest BCUT2D eigenvalue weighted by Crippen LogP contribution is 2.25. The van der Waals surface area contributed by atoms with Gasteiger partial charge in [0.2, 0.25) is 0 Å². The van der Waals surface area contributed by atoms with Crippen LogP contribution in [0.15, 0.2) is 53.9 Å². The van der Waals surface area contributed by atoms with E-state index in [0.717, 1.165) is 5.56 Å². The first-order valence-corrected chi connectivity index (χ1v) is 9.84. The van der Waals surface area contributed by atoms with E-state index in [1.54, 1.807) is 41.8 Å². The van der Waals surface area contributed by atoms with Gasteiger partial charge in [-0.25, -0.2) is 14.2 Å². The molecule has 0 aliphatic rings. The number of esters is 1. The third kappa shape index (κ3) is 6.00. The lowest BCUT2D eigenvalue weighted by Gasteiger charge is -2.17. The van der Waals surface area contributed by atoms with Crippen LogP contribution < -0.4 is 11.1 Å². The highest BCUT2D eigenvalue weighted by molar-refractivity contribution is 7.13. The maximum Gasteiger partial charge on any atom is 0.312 e. The van der Waals surface area contributed by atoms with E-state index in [9.17, 15) is 14.0 Å². The Morgan fingerprint density at radius 3 is 2.52 bits per heavy atom. The lowest BCUT2D eigenvalue weighted by molar-refractivity contribution is -0.145. The van der Waals surface area contributed by atoms with Crippen LogP contribution in [0.2, 0.25) is 5.02 Å². The van der Waals surface area contributed by atoms with Gasteiger partial charge in [0.15, 0.2) is 0 Å². The third-order valence-electron chi connectivity index (χ3n) is 3.98. The molecule has 0 aliphatic heterocycles. The predicted molar refractivity (Wildman–Crippen MR) is 109 cm³/mol. The van der Waals surface area contributed by atoms with Gasteiger partial charge in [-0.05, 0) is 42.0 Å². The number of rotatable bonds is 7. The molecule has 3 N–H and O–H groups in total. The van der Waals surface area contributed by atoms with Crippen molar-refractivity contribution >= 4 is 34.9 Å². The number of hydrogen-bond acceptors (Lipinski definition) is 5. The van der Waals surface area contributed by atoms with Gasteiger partial charge in [-0.1, -0.05) is 23.7 Å². The molecule has 6 nitrogen and oxygen atoms in total. The molecule has 1 unspecified atom stereocenters. The molecule has 0 bridgehead atoms. The third-order valence-corrected chi connectivity index (χ3v) is 5.18. The van der Waals surface area contributed by atoms with Gasteiger partial charge in [0, 0.05) is 16.0 Å². The molecule has 0 radical (unpaired) electrons. The minimum Gasteiger partial charge on any atom is -0.459 e. The van der Waals surface area contributed by atoms with Gasteiger partial charge in [0.25, 0.3) is 0 Å². The van der Waals surface area contributed by atoms with Crippen LogP contribution >= 0.6 is 22.9 Å². The lowest BCUT2D eigenvalue weighted by atomic mass is 10.0. The Morgan fingerprint density at radius 2 is 1.86 bits per heavy atom. The van der Waals surface area contributed by atoms with Gasteiger partial charge in [-0.3, -0.25) is 4.79 Å². The van der Waals surface area contributed by atoms with Crippen LogP contribution in [-0.4, -0.2) is 17.0 Å². The number of benzene rings is 2. The quantitative estimate of drug-likeness (QED) is 0.538. The van der Waals surface area contributed by atoms with Gasteiger partial charge in [0.1, 0.15) is 17.4 Å². The molecule has 0 saturated heterocycles. The van der Waals surface area contributed by atoms with Crippen molar-refractivity contribution in [1.29, 1.82) is 0 Å². The summed E-state index contributed by atoms with van der Waals surface area (Å²) in [6, 6.07) is 11.3. The van der Waals surface area contributed by atoms with Crippen molar-refractivity contribution in [2.24, 2.45) is 5.73 Å². The highest BCUT2D eigenvalue weighted by Gasteiger charge is 2.19. The summed E-state index contributed by atoms with van der Waals surface area (Å²) in [5.74, 6) is -0.839. The van der Waals surface area contributed by atoms with Crippen LogP contribution in [0, 0.1) is 5.82 Å². The van der Waals surface area contributed by atoms with Crippen molar-refractivity contribution in [3.05, 3.63) is 76.0 Å². The minimum atomic E-state index is -0.749. The highest BCUT2D eigenvalue weighted by atomic mass is 35.5. The summed E-state index contributed by atoms with van der Waals surface area (Å²) >= 11 is 7.24. The van der Waals surface area contributed by atoms with Crippen molar-refractivity contribution in [3.8, 4) is 10.6 Å². The number of nitrogens with two attached hydrogens (primary N) is 1. The van der Waals surface area contributed by atoms with Gasteiger partial charge in [0.05, 0.1) is 18.2 Å². The molecule has 0 fully saturated rings. The second-order valence-electron chi connectivity index (χ2n) is 6.13. The van der Waals surface area contributed by atoms with E-state index in [0.29, 0.717) is 21.3 Å². The summed E-state index contributed by atoms with van der Waals surface area (Å²) < 4.78 is 18.3. The molecular formula is C20H17ClFN3O3S. The van der Waals surface area contributed by atoms with E-state index >= 15 is 0 Å². The summed E-state index contributed by atoms with van der Waals surface area (Å²) in [6.07, 6.45) is -0.0977. The topological polar surface area (TPSA) is 94.3 Å². The van der Waals surface area contributed by atoms with E-state index in [4.69, 9.17) is 22.1 Å². The van der Waals surface area contributed by atoms with Crippen LogP contribution in [0.25, 0.3) is 10.6 Å². The summed E-state index contributed by atoms with van der Waals surface area (Å²) in [5.41, 5.74) is 7.24. The SMILES string of the molecule is NC(=O)NC(CC(=O)OCc1csc(-c2ccc(F)cc2)n1)c1ccc(Cl)cc1. The molecule has 1 aromatic heterocycles. The second kappa shape index (κ2) is 9.49. The summed E-state index contributed by atoms with van der Waals surface area (Å²) in [6.45, 7) is -0.0135. The number of aromatic nitrogens is 1. The van der Waals surface area contributed by atoms with Crippen LogP contribution in [-0.2, 0) is 16.1 Å². The first kappa shape index (κ1) is 20.8. The molecule has 1 atom stereocenters. The number of nitrogens with one attached hydrogen (secondary N) is 1. The van der Waals surface area contributed by atoms with E-state index in [-0.39, 0.29) is 18.8 Å². The number of urea groups is 1. The molecule has 9 heteroatoms. The van der Waals surface area contributed by atoms with Crippen LogP contribution in [0.5, 0.6) is 0 Å². The molecule has 1 heterocycles. The fourth-order valence-corrected chi connectivity index (χ4v) is 3.53. The molecule has 2 aromatic carbocycles. The average molecular weight is 434 g/mol. The molecule has 2 amide bonds. The average Bonchev–Trinajstić information content (AvgIpc) is 3.16. The van der Waals surface area contributed by atoms with Crippen molar-refractivity contribution in [2.75, 3.05) is 0 Å². The Labute approximate surface area is 175 Å². The van der Waals surface area contributed by atoms with E-state index in [1.165, 1.54) is 23.5 Å². The molecule has 3 aromatic rings. The van der Waals surface area contributed by atoms with E-state index in [2.05, 4.69) is 10.3 Å². The van der Waals surface area contributed by atoms with Crippen LogP contribution in [0.4, 0.5) is 9.18 Å². The van der Waals surface area contributed by atoms with Crippen molar-refractivity contribution in [3.63, 3.8) is 0 Å². The van der Waals surface area contributed by atoms with Gasteiger partial charge in [-0.15, -0.1) is 11.3 Å². The smallest absolute Gasteiger partial charge is 0.312 e. The predicted octanol–water partition coefficient (Wildman–Crippen LogP) is 4.45. The normalized spacial score (nSPS) is 11.7. The van der Waals surface area contributed by atoms with Crippen LogP contribution in [0.1, 0.15) is 23.7 Å². The van der Waals surface area contributed by atoms with Crippen molar-refractivity contribution < 1.29 is 18.7 Å². The van der Waals surface area contributed by atoms with Gasteiger partial charge < -0.3 is 15.8 Å². The fourth-order valence-electron chi connectivity index (χ4n) is 2.60. The number of hydrogen-bond donors (Lipinski definition) is 2. The zero-order chi connectivity index (χ0) is 20.8. The number of halogens is 2. The largest absolute Gasteiger partial charge is 0.459 e. The molecular weight excluding hydrogens is 417 g/mol. The number of carbonyl (C=O) groups is 2. The molecule has 0 saturated carbocycles. The first-order valence-electron chi connectivity index (χ1n) is 8.58. The maximum absolute atomic E-state index is 13.0. The van der Waals surface area contributed by atoms with E-state index in [1.807, 2.05) is 0 Å². The number of amides is 2. The second-order valence-corrected chi connectivity index (χ2v) is 7.42. The molecule has 0 aliphatic carbocycles. The summed E-state index contributed by atoms with van der Waals surface area (Å²) in [4.78, 5) is 27.9. The Hall–Kier alpha value is -2.97. The summed E-state index contributed by atoms with van der Waals surface area (Å²) in [5, 5.41) is 5.53. The standard InChI is InChI=1S/C20H17ClFN3O3S/c21-14-5-1-12(2-6-14)17(25-20(23)27)9-18(26)28-10-16-11-29-19(24-16)13-3-7-15(22)8-4-13/h1-8,11,17H,9-10H2,(H3,23,25,27). The fraction of sp³-hybridized carbons (Fsp3) is 0.150. The zero-order valence-electron chi connectivity index (χ0n) is 15.1. The Balaban J connectivity index is 1.59. The van der Waals surface area contributed by atoms with Gasteiger partial charge >= 0.3 is 12.0 Å². The molecule has 0 spiro atoms. The Morgan fingerprint density at radius 1 is 1.17 bits per heavy atom. The van der Waals surface area contributed by atoms with Gasteiger partial charge in [-0.2, -0.15) is 0 Å². The number of nitrogens with zero attached hydrogens (tertiary/aromatic N) is 1. The number of carbonyl (C=O) groups excluding carboxylic acids is 2. The minimum absolute atomic E-state index is 0.0135. The lowest BCUT2D eigenvalue weighted by Crippen LogP contribution is -2.34. The van der Waals surface area contributed by atoms with Crippen LogP contribution in [0.3, 0.4) is 0 Å². The number of primary amides is 1. The molecule has 150 valence electrons. The molecule has 3 rings (SSSR count). The first-order chi connectivity index (χ1) is 13.9. The number of ether oxygens (including phenoxy) is 1. The zero-order valence-corrected chi connectivity index (χ0v) is 16.7. The Kier molecular flexibility index (Phi) is 6.79. The van der Waals surface area contributed by atoms with E-state index < -0.39 is 18.0 Å². The molecule has 29 heavy (non-hydrogen) atoms. The summed E-state index contributed by atoms with van der Waals surface area (Å²) in [7, 11) is 0. The maximum atomic E-state index is 13.0. The monoisotopic (exact) mass is 433 g/mol. The number of thiazole rings is 1. The Bertz CT molecular complexity index is 993. The van der Waals surface area contributed by atoms with Crippen molar-refractivity contribution in [2.45, 2.75) is 19.1 Å².